The Morgan fingerprint density at radius 3 is 2.55 bits per heavy atom. The largest absolute Gasteiger partial charge is 0.465 e. The average molecular weight is 478 g/mol. The van der Waals surface area contributed by atoms with Crippen molar-refractivity contribution in [3.8, 4) is 11.3 Å². The second-order valence-corrected chi connectivity index (χ2v) is 9.54. The molecule has 11 heteroatoms. The molecule has 2 heterocycles. The van der Waals surface area contributed by atoms with E-state index in [-0.39, 0.29) is 13.0 Å². The molecule has 2 amide bonds. The zero-order valence-corrected chi connectivity index (χ0v) is 19.5. The third-order valence-electron chi connectivity index (χ3n) is 5.08. The molecule has 0 aliphatic heterocycles. The molecule has 3 rings (SSSR count). The number of carbonyl (C=O) groups excluding carboxylic acids is 1. The molecule has 0 unspecified atom stereocenters. The molecule has 1 atom stereocenters. The Hall–Kier alpha value is -3.34. The van der Waals surface area contributed by atoms with Crippen molar-refractivity contribution in [2.24, 2.45) is 7.05 Å². The highest BCUT2D eigenvalue weighted by molar-refractivity contribution is 7.12. The number of carboxylic acid groups (broad SMARTS) is 1. The molecular weight excluding hydrogens is 452 g/mol. The maximum Gasteiger partial charge on any atom is 0.407 e. The molecule has 3 aromatic rings. The second-order valence-electron chi connectivity index (χ2n) is 8.63. The van der Waals surface area contributed by atoms with Crippen LogP contribution in [0.5, 0.6) is 0 Å². The van der Waals surface area contributed by atoms with Crippen molar-refractivity contribution >= 4 is 23.3 Å². The fraction of sp³-hybridized carbons (Fsp3) is 0.364. The second kappa shape index (κ2) is 9.65. The van der Waals surface area contributed by atoms with E-state index in [1.165, 1.54) is 22.3 Å². The highest BCUT2D eigenvalue weighted by Gasteiger charge is 2.30. The van der Waals surface area contributed by atoms with E-state index >= 15 is 0 Å². The monoisotopic (exact) mass is 477 g/mol. The summed E-state index contributed by atoms with van der Waals surface area (Å²) >= 11 is 1.23. The molecule has 0 radical (unpaired) electrons. The number of aromatic nitrogens is 3. The van der Waals surface area contributed by atoms with Gasteiger partial charge >= 0.3 is 6.09 Å². The van der Waals surface area contributed by atoms with E-state index in [0.717, 1.165) is 23.4 Å². The molecule has 0 fully saturated rings. The summed E-state index contributed by atoms with van der Waals surface area (Å²) < 4.78 is 28.7. The normalized spacial score (nSPS) is 12.4. The number of halogens is 2. The van der Waals surface area contributed by atoms with E-state index in [1.54, 1.807) is 50.1 Å². The van der Waals surface area contributed by atoms with Gasteiger partial charge in [-0.2, -0.15) is 0 Å². The highest BCUT2D eigenvalue weighted by atomic mass is 32.1. The fourth-order valence-electron chi connectivity index (χ4n) is 3.37. The molecule has 2 N–H and O–H groups in total. The molecule has 176 valence electrons. The van der Waals surface area contributed by atoms with Crippen LogP contribution in [0.2, 0.25) is 0 Å². The lowest BCUT2D eigenvalue weighted by Gasteiger charge is -2.36. The molecule has 1 aromatic carbocycles. The van der Waals surface area contributed by atoms with E-state index < -0.39 is 35.2 Å². The zero-order valence-electron chi connectivity index (χ0n) is 18.7. The lowest BCUT2D eigenvalue weighted by molar-refractivity contribution is 0.0824. The van der Waals surface area contributed by atoms with Gasteiger partial charge in [-0.05, 0) is 51.0 Å². The van der Waals surface area contributed by atoms with Gasteiger partial charge in [-0.1, -0.05) is 11.3 Å². The van der Waals surface area contributed by atoms with Crippen LogP contribution in [0.4, 0.5) is 13.6 Å². The van der Waals surface area contributed by atoms with Crippen LogP contribution in [-0.2, 0) is 13.5 Å². The summed E-state index contributed by atoms with van der Waals surface area (Å²) in [6, 6.07) is 4.50. The van der Waals surface area contributed by atoms with Crippen LogP contribution in [0, 0.1) is 11.6 Å². The topological polar surface area (TPSA) is 100 Å². The predicted molar refractivity (Wildman–Crippen MR) is 120 cm³/mol. The van der Waals surface area contributed by atoms with Crippen molar-refractivity contribution in [3.05, 3.63) is 57.9 Å². The van der Waals surface area contributed by atoms with E-state index in [0.29, 0.717) is 10.4 Å². The number of carbonyl (C=O) groups is 2. The summed E-state index contributed by atoms with van der Waals surface area (Å²) in [5.74, 6) is -2.37. The molecule has 33 heavy (non-hydrogen) atoms. The maximum absolute atomic E-state index is 13.7. The number of thiophene rings is 1. The molecule has 2 aromatic heterocycles. The summed E-state index contributed by atoms with van der Waals surface area (Å²) in [6.07, 6.45) is 0.560. The molecule has 0 bridgehead atoms. The van der Waals surface area contributed by atoms with Crippen LogP contribution in [0.15, 0.2) is 35.8 Å². The van der Waals surface area contributed by atoms with Gasteiger partial charge in [-0.3, -0.25) is 4.79 Å². The lowest BCUT2D eigenvalue weighted by atomic mass is 10.0. The smallest absolute Gasteiger partial charge is 0.407 e. The van der Waals surface area contributed by atoms with Crippen LogP contribution in [0.3, 0.4) is 0 Å². The zero-order chi connectivity index (χ0) is 24.3. The van der Waals surface area contributed by atoms with Gasteiger partial charge in [0.1, 0.15) is 0 Å². The van der Waals surface area contributed by atoms with Gasteiger partial charge in [0, 0.05) is 30.1 Å². The van der Waals surface area contributed by atoms with Crippen molar-refractivity contribution in [1.29, 1.82) is 0 Å². The summed E-state index contributed by atoms with van der Waals surface area (Å²) in [4.78, 5) is 26.5. The minimum absolute atomic E-state index is 0.0343. The molecule has 8 nitrogen and oxygen atoms in total. The maximum atomic E-state index is 13.7. The van der Waals surface area contributed by atoms with E-state index in [1.807, 2.05) is 0 Å². The fourth-order valence-corrected chi connectivity index (χ4v) is 4.17. The Morgan fingerprint density at radius 1 is 1.24 bits per heavy atom. The molecule has 0 aliphatic carbocycles. The highest BCUT2D eigenvalue weighted by Crippen LogP contribution is 2.25. The third-order valence-corrected chi connectivity index (χ3v) is 6.01. The van der Waals surface area contributed by atoms with Crippen LogP contribution in [0.1, 0.15) is 36.0 Å². The number of hydrogen-bond donors (Lipinski definition) is 2. The molecular formula is C22H25F2N5O3S. The first-order valence-corrected chi connectivity index (χ1v) is 11.0. The van der Waals surface area contributed by atoms with Crippen molar-refractivity contribution in [1.82, 2.24) is 25.2 Å². The quantitative estimate of drug-likeness (QED) is 0.537. The minimum atomic E-state index is -1.14. The number of aryl methyl sites for hydroxylation is 1. The number of nitrogens with zero attached hydrogens (tertiary/aromatic N) is 4. The summed E-state index contributed by atoms with van der Waals surface area (Å²) in [6.45, 7) is 5.19. The van der Waals surface area contributed by atoms with Gasteiger partial charge in [0.2, 0.25) is 0 Å². The van der Waals surface area contributed by atoms with Crippen LogP contribution in [0.25, 0.3) is 11.3 Å². The average Bonchev–Trinajstić information content (AvgIpc) is 3.36. The van der Waals surface area contributed by atoms with E-state index in [9.17, 15) is 23.5 Å². The number of hydrogen-bond acceptors (Lipinski definition) is 5. The predicted octanol–water partition coefficient (Wildman–Crippen LogP) is 3.94. The Labute approximate surface area is 193 Å². The Bertz CT molecular complexity index is 1160. The number of benzene rings is 1. The molecule has 0 saturated heterocycles. The summed E-state index contributed by atoms with van der Waals surface area (Å²) in [7, 11) is 1.74. The van der Waals surface area contributed by atoms with Gasteiger partial charge in [0.05, 0.1) is 22.8 Å². The summed E-state index contributed by atoms with van der Waals surface area (Å²) in [5.41, 5.74) is 1.22. The van der Waals surface area contributed by atoms with Gasteiger partial charge in [0.15, 0.2) is 11.6 Å². The van der Waals surface area contributed by atoms with Crippen LogP contribution in [-0.4, -0.2) is 55.1 Å². The van der Waals surface area contributed by atoms with Crippen molar-refractivity contribution in [3.63, 3.8) is 0 Å². The van der Waals surface area contributed by atoms with Gasteiger partial charge in [-0.25, -0.2) is 18.3 Å². The van der Waals surface area contributed by atoms with Crippen molar-refractivity contribution in [2.75, 3.05) is 6.54 Å². The number of amides is 2. The molecule has 0 aliphatic rings. The first-order chi connectivity index (χ1) is 15.5. The van der Waals surface area contributed by atoms with Crippen molar-refractivity contribution in [2.45, 2.75) is 38.8 Å². The Kier molecular flexibility index (Phi) is 7.11. The Morgan fingerprint density at radius 2 is 1.97 bits per heavy atom. The standard InChI is InChI=1S/C22H25F2N5O3S/c1-22(2,3)29(21(31)32)11-15(7-13-5-6-16(23)17(24)8-13)26-20(30)19-9-14(12-33-19)18-10-25-27-28(18)4/h5-6,8-10,12,15H,7,11H2,1-4H3,(H,26,30)(H,31,32)/t15-/m1/s1. The summed E-state index contributed by atoms with van der Waals surface area (Å²) in [5, 5.41) is 22.1. The van der Waals surface area contributed by atoms with Crippen molar-refractivity contribution < 1.29 is 23.5 Å². The molecule has 0 saturated carbocycles. The molecule has 0 spiro atoms. The minimum Gasteiger partial charge on any atom is -0.465 e. The third kappa shape index (κ3) is 5.92. The van der Waals surface area contributed by atoms with E-state index in [4.69, 9.17) is 0 Å². The van der Waals surface area contributed by atoms with E-state index in [2.05, 4.69) is 15.6 Å². The van der Waals surface area contributed by atoms with Crippen LogP contribution >= 0.6 is 11.3 Å². The van der Waals surface area contributed by atoms with Gasteiger partial charge in [-0.15, -0.1) is 16.4 Å². The number of nitrogens with one attached hydrogen (secondary N) is 1. The van der Waals surface area contributed by atoms with Gasteiger partial charge in [0.25, 0.3) is 5.91 Å². The first kappa shape index (κ1) is 24.3. The van der Waals surface area contributed by atoms with Gasteiger partial charge < -0.3 is 15.3 Å². The number of rotatable bonds is 7. The lowest BCUT2D eigenvalue weighted by Crippen LogP contribution is -2.53. The first-order valence-electron chi connectivity index (χ1n) is 10.1. The Balaban J connectivity index is 1.84. The van der Waals surface area contributed by atoms with Crippen LogP contribution < -0.4 is 5.32 Å². The SMILES string of the molecule is Cn1nncc1-c1csc(C(=O)N[C@H](Cc2ccc(F)c(F)c2)CN(C(=O)O)C(C)(C)C)c1.